The van der Waals surface area contributed by atoms with Crippen molar-refractivity contribution in [2.24, 2.45) is 5.92 Å². The number of carboxylic acid groups (broad SMARTS) is 1. The molecule has 0 aromatic rings. The zero-order valence-electron chi connectivity index (χ0n) is 14.2. The maximum Gasteiger partial charge on any atom is 0.327 e. The minimum atomic E-state index is -1.76. The smallest absolute Gasteiger partial charge is 0.327 e. The summed E-state index contributed by atoms with van der Waals surface area (Å²) in [7, 11) is -1.76. The van der Waals surface area contributed by atoms with E-state index in [0.29, 0.717) is 19.6 Å². The Morgan fingerprint density at radius 2 is 2.05 bits per heavy atom. The molecular formula is C16H27NO4Si. The van der Waals surface area contributed by atoms with Gasteiger partial charge < -0.3 is 15.2 Å². The van der Waals surface area contributed by atoms with Crippen LogP contribution in [0.15, 0.2) is 0 Å². The van der Waals surface area contributed by atoms with Crippen molar-refractivity contribution < 1.29 is 19.4 Å². The van der Waals surface area contributed by atoms with Crippen molar-refractivity contribution >= 4 is 20.0 Å². The number of carboxylic acids is 1. The van der Waals surface area contributed by atoms with Crippen molar-refractivity contribution in [3.8, 4) is 11.5 Å². The molecule has 0 saturated carbocycles. The van der Waals surface area contributed by atoms with Gasteiger partial charge in [-0.2, -0.15) is 0 Å². The van der Waals surface area contributed by atoms with Crippen LogP contribution in [0.3, 0.4) is 0 Å². The first-order valence-electron chi connectivity index (χ1n) is 7.65. The Bertz CT molecular complexity index is 479. The number of carbonyl (C=O) groups excluding carboxylic acids is 1. The highest BCUT2D eigenvalue weighted by Crippen LogP contribution is 2.35. The van der Waals surface area contributed by atoms with E-state index in [1.54, 1.807) is 0 Å². The normalized spacial score (nSPS) is 20.0. The van der Waals surface area contributed by atoms with Gasteiger partial charge in [-0.3, -0.25) is 4.79 Å². The molecule has 124 valence electrons. The molecule has 0 spiro atoms. The van der Waals surface area contributed by atoms with Crippen molar-refractivity contribution in [2.75, 3.05) is 13.2 Å². The Morgan fingerprint density at radius 1 is 1.41 bits per heavy atom. The number of aliphatic carboxylic acids is 1. The topological polar surface area (TPSA) is 75.6 Å². The molecule has 1 aliphatic heterocycles. The van der Waals surface area contributed by atoms with E-state index in [0.717, 1.165) is 0 Å². The summed E-state index contributed by atoms with van der Waals surface area (Å²) < 4.78 is 5.15. The molecule has 2 atom stereocenters. The average molecular weight is 325 g/mol. The van der Waals surface area contributed by atoms with Crippen LogP contribution in [0, 0.1) is 17.4 Å². The fourth-order valence-corrected chi connectivity index (χ4v) is 2.71. The largest absolute Gasteiger partial charge is 0.480 e. The number of rotatable bonds is 4. The predicted molar refractivity (Wildman–Crippen MR) is 88.1 cm³/mol. The summed E-state index contributed by atoms with van der Waals surface area (Å²) in [6.07, 6.45) is 0.787. The van der Waals surface area contributed by atoms with Crippen LogP contribution in [-0.2, 0) is 14.3 Å². The molecule has 0 aliphatic carbocycles. The van der Waals surface area contributed by atoms with Crippen LogP contribution in [0.1, 0.15) is 33.6 Å². The molecular weight excluding hydrogens is 298 g/mol. The molecule has 0 bridgehead atoms. The lowest BCUT2D eigenvalue weighted by Gasteiger charge is -2.31. The molecule has 1 heterocycles. The fraction of sp³-hybridized carbons (Fsp3) is 0.750. The van der Waals surface area contributed by atoms with Crippen molar-refractivity contribution in [3.63, 3.8) is 0 Å². The first kappa shape index (κ1) is 18.7. The molecule has 1 rings (SSSR count). The highest BCUT2D eigenvalue weighted by atomic mass is 28.3. The van der Waals surface area contributed by atoms with Gasteiger partial charge in [-0.1, -0.05) is 33.9 Å². The van der Waals surface area contributed by atoms with Gasteiger partial charge in [-0.15, -0.1) is 11.5 Å². The summed E-state index contributed by atoms with van der Waals surface area (Å²) in [6, 6.07) is -0.953. The van der Waals surface area contributed by atoms with Crippen LogP contribution >= 0.6 is 0 Å². The van der Waals surface area contributed by atoms with Crippen LogP contribution in [-0.4, -0.2) is 44.3 Å². The van der Waals surface area contributed by atoms with E-state index < -0.39 is 20.1 Å². The minimum Gasteiger partial charge on any atom is -0.480 e. The van der Waals surface area contributed by atoms with Gasteiger partial charge in [-0.25, -0.2) is 4.79 Å². The molecule has 0 radical (unpaired) electrons. The van der Waals surface area contributed by atoms with Crippen molar-refractivity contribution in [2.45, 2.75) is 57.8 Å². The lowest BCUT2D eigenvalue weighted by atomic mass is 10.1. The van der Waals surface area contributed by atoms with Gasteiger partial charge >= 0.3 is 5.97 Å². The van der Waals surface area contributed by atoms with Crippen molar-refractivity contribution in [1.29, 1.82) is 0 Å². The Kier molecular flexibility index (Phi) is 6.21. The highest BCUT2D eigenvalue weighted by Gasteiger charge is 2.34. The summed E-state index contributed by atoms with van der Waals surface area (Å²) in [5.74, 6) is 1.46. The van der Waals surface area contributed by atoms with Crippen LogP contribution in [0.2, 0.25) is 18.1 Å². The van der Waals surface area contributed by atoms with Gasteiger partial charge in [0.05, 0.1) is 12.5 Å². The molecule has 5 nitrogen and oxygen atoms in total. The zero-order valence-corrected chi connectivity index (χ0v) is 15.2. The number of nitrogens with one attached hydrogen (secondary N) is 1. The Morgan fingerprint density at radius 3 is 2.50 bits per heavy atom. The molecule has 1 aliphatic rings. The summed E-state index contributed by atoms with van der Waals surface area (Å²) in [5.41, 5.74) is 3.28. The van der Waals surface area contributed by atoms with Crippen LogP contribution < -0.4 is 5.32 Å². The second-order valence-electron chi connectivity index (χ2n) is 7.34. The SMILES string of the molecule is CC(C)(C)[Si](C)(C)C#CC[C@@H](NC(=O)[C@H]1CCOC1)C(=O)O. The minimum absolute atomic E-state index is 0.128. The number of hydrogen-bond acceptors (Lipinski definition) is 3. The van der Waals surface area contributed by atoms with E-state index in [-0.39, 0.29) is 23.3 Å². The maximum absolute atomic E-state index is 12.0. The van der Waals surface area contributed by atoms with Gasteiger partial charge in [0.1, 0.15) is 14.1 Å². The lowest BCUT2D eigenvalue weighted by Crippen LogP contribution is -2.43. The van der Waals surface area contributed by atoms with Crippen molar-refractivity contribution in [1.82, 2.24) is 5.32 Å². The Balaban J connectivity index is 2.66. The van der Waals surface area contributed by atoms with Gasteiger partial charge in [0.2, 0.25) is 5.91 Å². The van der Waals surface area contributed by atoms with E-state index in [4.69, 9.17) is 4.74 Å². The standard InChI is InChI=1S/C16H27NO4Si/c1-16(2,3)22(4,5)10-6-7-13(15(19)20)17-14(18)12-8-9-21-11-12/h12-13H,7-9,11H2,1-5H3,(H,17,18)(H,19,20)/t12-,13+/m0/s1. The van der Waals surface area contributed by atoms with Gasteiger partial charge in [0.15, 0.2) is 0 Å². The first-order valence-corrected chi connectivity index (χ1v) is 10.7. The van der Waals surface area contributed by atoms with E-state index in [9.17, 15) is 14.7 Å². The monoisotopic (exact) mass is 325 g/mol. The summed E-state index contributed by atoms with van der Waals surface area (Å²) >= 11 is 0. The summed E-state index contributed by atoms with van der Waals surface area (Å²) in [5, 5.41) is 12.0. The molecule has 6 heteroatoms. The predicted octanol–water partition coefficient (Wildman–Crippen LogP) is 2.03. The van der Waals surface area contributed by atoms with E-state index in [2.05, 4.69) is 50.6 Å². The molecule has 1 saturated heterocycles. The van der Waals surface area contributed by atoms with Gasteiger partial charge in [0, 0.05) is 13.0 Å². The quantitative estimate of drug-likeness (QED) is 0.612. The summed E-state index contributed by atoms with van der Waals surface area (Å²) in [6.45, 7) is 11.7. The molecule has 0 aromatic carbocycles. The van der Waals surface area contributed by atoms with Gasteiger partial charge in [0.25, 0.3) is 0 Å². The third-order valence-electron chi connectivity index (χ3n) is 4.50. The number of hydrogen-bond donors (Lipinski definition) is 2. The van der Waals surface area contributed by atoms with Crippen molar-refractivity contribution in [3.05, 3.63) is 0 Å². The molecule has 2 N–H and O–H groups in total. The van der Waals surface area contributed by atoms with E-state index in [1.165, 1.54) is 0 Å². The lowest BCUT2D eigenvalue weighted by molar-refractivity contribution is -0.142. The second kappa shape index (κ2) is 7.29. The number of carbonyl (C=O) groups is 2. The fourth-order valence-electron chi connectivity index (χ4n) is 1.79. The van der Waals surface area contributed by atoms with E-state index in [1.807, 2.05) is 0 Å². The third-order valence-corrected chi connectivity index (χ3v) is 9.05. The van der Waals surface area contributed by atoms with Crippen LogP contribution in [0.4, 0.5) is 0 Å². The molecule has 1 amide bonds. The average Bonchev–Trinajstić information content (AvgIpc) is 2.89. The molecule has 22 heavy (non-hydrogen) atoms. The first-order chi connectivity index (χ1) is 10.0. The van der Waals surface area contributed by atoms with Crippen LogP contribution in [0.5, 0.6) is 0 Å². The molecule has 0 unspecified atom stereocenters. The Hall–Kier alpha value is -1.32. The molecule has 0 aromatic heterocycles. The summed E-state index contributed by atoms with van der Waals surface area (Å²) in [4.78, 5) is 23.3. The zero-order chi connectivity index (χ0) is 17.0. The molecule has 1 fully saturated rings. The second-order valence-corrected chi connectivity index (χ2v) is 12.3. The third kappa shape index (κ3) is 5.15. The maximum atomic E-state index is 12.0. The Labute approximate surface area is 133 Å². The van der Waals surface area contributed by atoms with Gasteiger partial charge in [-0.05, 0) is 11.5 Å². The highest BCUT2D eigenvalue weighted by molar-refractivity contribution is 6.87. The van der Waals surface area contributed by atoms with E-state index >= 15 is 0 Å². The number of amides is 1. The van der Waals surface area contributed by atoms with Crippen LogP contribution in [0.25, 0.3) is 0 Å². The number of ether oxygens (including phenoxy) is 1.